The van der Waals surface area contributed by atoms with Crippen LogP contribution in [-0.4, -0.2) is 5.11 Å². The number of allylic oxidation sites excluding steroid dienone is 1. The Hall–Kier alpha value is -0.790. The molecule has 0 radical (unpaired) electrons. The Morgan fingerprint density at radius 3 is 2.80 bits per heavy atom. The van der Waals surface area contributed by atoms with Crippen molar-refractivity contribution in [3.8, 4) is 0 Å². The Labute approximate surface area is 96.4 Å². The molecule has 0 aliphatic rings. The minimum Gasteiger partial charge on any atom is -0.384 e. The molecular formula is C13H17ClO. The lowest BCUT2D eigenvalue weighted by molar-refractivity contribution is 0.228. The highest BCUT2D eigenvalue weighted by molar-refractivity contribution is 6.31. The second-order valence-electron chi connectivity index (χ2n) is 3.54. The van der Waals surface area contributed by atoms with Crippen LogP contribution >= 0.6 is 11.6 Å². The number of benzene rings is 1. The van der Waals surface area contributed by atoms with Gasteiger partial charge in [-0.05, 0) is 12.5 Å². The zero-order chi connectivity index (χ0) is 11.1. The Bertz CT molecular complexity index is 320. The molecule has 1 N–H and O–H groups in total. The summed E-state index contributed by atoms with van der Waals surface area (Å²) in [5, 5.41) is 10.4. The third kappa shape index (κ3) is 4.06. The molecule has 0 aliphatic heterocycles. The zero-order valence-electron chi connectivity index (χ0n) is 8.99. The van der Waals surface area contributed by atoms with Crippen molar-refractivity contribution in [3.63, 3.8) is 0 Å². The molecule has 1 aromatic carbocycles. The molecule has 0 amide bonds. The minimum absolute atomic E-state index is 0.587. The second-order valence-corrected chi connectivity index (χ2v) is 3.94. The predicted octanol–water partition coefficient (Wildman–Crippen LogP) is 4.12. The van der Waals surface area contributed by atoms with Crippen LogP contribution in [-0.2, 0) is 0 Å². The third-order valence-electron chi connectivity index (χ3n) is 2.27. The molecule has 1 nitrogen and oxygen atoms in total. The number of aliphatic hydroxyl groups excluding tert-OH is 1. The molecule has 0 aromatic heterocycles. The van der Waals surface area contributed by atoms with E-state index in [0.717, 1.165) is 18.4 Å². The summed E-state index contributed by atoms with van der Waals surface area (Å²) in [4.78, 5) is 0. The molecule has 0 heterocycles. The topological polar surface area (TPSA) is 20.2 Å². The van der Waals surface area contributed by atoms with Crippen LogP contribution in [0.2, 0.25) is 5.02 Å². The van der Waals surface area contributed by atoms with Crippen molar-refractivity contribution in [2.24, 2.45) is 0 Å². The largest absolute Gasteiger partial charge is 0.384 e. The van der Waals surface area contributed by atoms with E-state index in [4.69, 9.17) is 11.6 Å². The van der Waals surface area contributed by atoms with Crippen molar-refractivity contribution >= 4 is 11.6 Å². The van der Waals surface area contributed by atoms with Crippen LogP contribution in [0.4, 0.5) is 0 Å². The molecule has 0 spiro atoms. The van der Waals surface area contributed by atoms with E-state index in [9.17, 15) is 5.11 Å². The van der Waals surface area contributed by atoms with Gasteiger partial charge in [-0.25, -0.2) is 0 Å². The van der Waals surface area contributed by atoms with E-state index in [-0.39, 0.29) is 0 Å². The SMILES string of the molecule is CCCC/C=C/C(O)c1ccccc1Cl. The quantitative estimate of drug-likeness (QED) is 0.589. The molecule has 82 valence electrons. The van der Waals surface area contributed by atoms with E-state index >= 15 is 0 Å². The van der Waals surface area contributed by atoms with E-state index in [1.165, 1.54) is 6.42 Å². The number of halogens is 1. The lowest BCUT2D eigenvalue weighted by Crippen LogP contribution is -1.93. The van der Waals surface area contributed by atoms with Crippen molar-refractivity contribution in [2.75, 3.05) is 0 Å². The smallest absolute Gasteiger partial charge is 0.0986 e. The fourth-order valence-corrected chi connectivity index (χ4v) is 1.61. The molecule has 1 atom stereocenters. The number of unbranched alkanes of at least 4 members (excludes halogenated alkanes) is 2. The summed E-state index contributed by atoms with van der Waals surface area (Å²) in [6, 6.07) is 7.38. The van der Waals surface area contributed by atoms with Gasteiger partial charge in [0, 0.05) is 10.6 Å². The number of rotatable bonds is 5. The molecule has 0 bridgehead atoms. The van der Waals surface area contributed by atoms with E-state index in [2.05, 4.69) is 6.92 Å². The maximum Gasteiger partial charge on any atom is 0.0986 e. The van der Waals surface area contributed by atoms with Crippen LogP contribution < -0.4 is 0 Å². The monoisotopic (exact) mass is 224 g/mol. The summed E-state index contributed by atoms with van der Waals surface area (Å²) in [5.74, 6) is 0. The first kappa shape index (κ1) is 12.3. The summed E-state index contributed by atoms with van der Waals surface area (Å²) >= 11 is 5.97. The fourth-order valence-electron chi connectivity index (χ4n) is 1.37. The lowest BCUT2D eigenvalue weighted by atomic mass is 10.1. The normalized spacial score (nSPS) is 13.3. The van der Waals surface area contributed by atoms with Crippen LogP contribution in [0.3, 0.4) is 0 Å². The first-order valence-electron chi connectivity index (χ1n) is 5.35. The van der Waals surface area contributed by atoms with Gasteiger partial charge in [0.1, 0.15) is 0 Å². The highest BCUT2D eigenvalue weighted by Gasteiger charge is 2.06. The van der Waals surface area contributed by atoms with E-state index in [1.807, 2.05) is 24.3 Å². The minimum atomic E-state index is -0.587. The van der Waals surface area contributed by atoms with Gasteiger partial charge in [0.05, 0.1) is 6.10 Å². The molecule has 0 aliphatic carbocycles. The van der Waals surface area contributed by atoms with Gasteiger partial charge in [0.25, 0.3) is 0 Å². The van der Waals surface area contributed by atoms with Crippen molar-refractivity contribution in [1.29, 1.82) is 0 Å². The predicted molar refractivity (Wildman–Crippen MR) is 65.1 cm³/mol. The highest BCUT2D eigenvalue weighted by Crippen LogP contribution is 2.23. The Kier molecular flexibility index (Phi) is 5.44. The standard InChI is InChI=1S/C13H17ClO/c1-2-3-4-5-10-13(15)11-8-6-7-9-12(11)14/h5-10,13,15H,2-4H2,1H3/b10-5+. The van der Waals surface area contributed by atoms with Crippen molar-refractivity contribution < 1.29 is 5.11 Å². The highest BCUT2D eigenvalue weighted by atomic mass is 35.5. The fraction of sp³-hybridized carbons (Fsp3) is 0.385. The van der Waals surface area contributed by atoms with Crippen LogP contribution in [0.1, 0.15) is 37.9 Å². The Morgan fingerprint density at radius 1 is 1.40 bits per heavy atom. The first-order chi connectivity index (χ1) is 7.25. The number of aliphatic hydroxyl groups is 1. The van der Waals surface area contributed by atoms with Crippen LogP contribution in [0.5, 0.6) is 0 Å². The summed E-state index contributed by atoms with van der Waals surface area (Å²) in [6.07, 6.45) is 6.57. The van der Waals surface area contributed by atoms with Crippen LogP contribution in [0.25, 0.3) is 0 Å². The van der Waals surface area contributed by atoms with Gasteiger partial charge in [-0.15, -0.1) is 0 Å². The maximum atomic E-state index is 9.83. The molecule has 0 saturated carbocycles. The summed E-state index contributed by atoms with van der Waals surface area (Å²) in [5.41, 5.74) is 0.770. The average molecular weight is 225 g/mol. The molecule has 0 saturated heterocycles. The van der Waals surface area contributed by atoms with Gasteiger partial charge in [0.2, 0.25) is 0 Å². The molecular weight excluding hydrogens is 208 g/mol. The average Bonchev–Trinajstić information content (AvgIpc) is 2.25. The van der Waals surface area contributed by atoms with Crippen molar-refractivity contribution in [1.82, 2.24) is 0 Å². The Morgan fingerprint density at radius 2 is 2.13 bits per heavy atom. The van der Waals surface area contributed by atoms with E-state index < -0.39 is 6.10 Å². The summed E-state index contributed by atoms with van der Waals surface area (Å²) < 4.78 is 0. The lowest BCUT2D eigenvalue weighted by Gasteiger charge is -2.07. The number of hydrogen-bond acceptors (Lipinski definition) is 1. The van der Waals surface area contributed by atoms with Crippen LogP contribution in [0, 0.1) is 0 Å². The van der Waals surface area contributed by atoms with E-state index in [0.29, 0.717) is 5.02 Å². The first-order valence-corrected chi connectivity index (χ1v) is 5.72. The maximum absolute atomic E-state index is 9.83. The van der Waals surface area contributed by atoms with E-state index in [1.54, 1.807) is 12.1 Å². The van der Waals surface area contributed by atoms with Gasteiger partial charge >= 0.3 is 0 Å². The third-order valence-corrected chi connectivity index (χ3v) is 2.61. The zero-order valence-corrected chi connectivity index (χ0v) is 9.74. The van der Waals surface area contributed by atoms with Crippen LogP contribution in [0.15, 0.2) is 36.4 Å². The van der Waals surface area contributed by atoms with Crippen molar-refractivity contribution in [2.45, 2.75) is 32.3 Å². The second kappa shape index (κ2) is 6.65. The number of hydrogen-bond donors (Lipinski definition) is 1. The van der Waals surface area contributed by atoms with Crippen molar-refractivity contribution in [3.05, 3.63) is 47.0 Å². The van der Waals surface area contributed by atoms with Gasteiger partial charge in [-0.2, -0.15) is 0 Å². The molecule has 1 unspecified atom stereocenters. The summed E-state index contributed by atoms with van der Waals surface area (Å²) in [6.45, 7) is 2.15. The van der Waals surface area contributed by atoms with Gasteiger partial charge in [0.15, 0.2) is 0 Å². The molecule has 1 aromatic rings. The summed E-state index contributed by atoms with van der Waals surface area (Å²) in [7, 11) is 0. The van der Waals surface area contributed by atoms with Gasteiger partial charge in [-0.3, -0.25) is 0 Å². The molecule has 0 fully saturated rings. The molecule has 2 heteroatoms. The Balaban J connectivity index is 2.57. The molecule has 15 heavy (non-hydrogen) atoms. The van der Waals surface area contributed by atoms with Gasteiger partial charge < -0.3 is 5.11 Å². The molecule has 1 rings (SSSR count). The van der Waals surface area contributed by atoms with Gasteiger partial charge in [-0.1, -0.05) is 61.7 Å².